The van der Waals surface area contributed by atoms with Gasteiger partial charge in [0.05, 0.1) is 5.02 Å². The fourth-order valence-corrected chi connectivity index (χ4v) is 3.22. The number of nitrogens with one attached hydrogen (secondary N) is 1. The summed E-state index contributed by atoms with van der Waals surface area (Å²) in [4.78, 5) is 0. The van der Waals surface area contributed by atoms with Crippen LogP contribution in [0.2, 0.25) is 5.02 Å². The Morgan fingerprint density at radius 2 is 1.74 bits per heavy atom. The van der Waals surface area contributed by atoms with Crippen LogP contribution in [0, 0.1) is 11.6 Å². The molecule has 0 aromatic heterocycles. The fraction of sp³-hybridized carbons (Fsp3) is 0.143. The number of hydrogen-bond donors (Lipinski definition) is 1. The zero-order chi connectivity index (χ0) is 19.2. The lowest BCUT2D eigenvalue weighted by molar-refractivity contribution is 0.296. The molecule has 0 saturated heterocycles. The molecule has 3 aromatic rings. The molecule has 0 radical (unpaired) electrons. The lowest BCUT2D eigenvalue weighted by Crippen LogP contribution is -2.14. The summed E-state index contributed by atoms with van der Waals surface area (Å²) in [5, 5.41) is 3.64. The van der Waals surface area contributed by atoms with E-state index >= 15 is 0 Å². The molecule has 6 heteroatoms. The van der Waals surface area contributed by atoms with Crippen molar-refractivity contribution in [3.8, 4) is 5.75 Å². The predicted octanol–water partition coefficient (Wildman–Crippen LogP) is 6.25. The van der Waals surface area contributed by atoms with Crippen LogP contribution in [0.1, 0.15) is 16.7 Å². The smallest absolute Gasteiger partial charge is 0.131 e. The number of benzene rings is 3. The highest BCUT2D eigenvalue weighted by Crippen LogP contribution is 2.26. The first-order chi connectivity index (χ1) is 13.0. The first-order valence-corrected chi connectivity index (χ1v) is 9.49. The largest absolute Gasteiger partial charge is 0.488 e. The standard InChI is InChI=1S/C21H17BrClF2NO/c22-16-6-9-21(27-13-18-19(23)2-1-3-20(18)25)15(10-16)12-26-11-14-4-7-17(24)8-5-14/h1-10,26H,11-13H2. The predicted molar refractivity (Wildman–Crippen MR) is 107 cm³/mol. The molecule has 2 nitrogen and oxygen atoms in total. The van der Waals surface area contributed by atoms with E-state index in [2.05, 4.69) is 21.2 Å². The first kappa shape index (κ1) is 19.8. The second-order valence-corrected chi connectivity index (χ2v) is 7.29. The highest BCUT2D eigenvalue weighted by atomic mass is 79.9. The highest BCUT2D eigenvalue weighted by molar-refractivity contribution is 9.10. The second kappa shape index (κ2) is 9.31. The van der Waals surface area contributed by atoms with E-state index in [1.54, 1.807) is 24.3 Å². The van der Waals surface area contributed by atoms with Gasteiger partial charge < -0.3 is 10.1 Å². The van der Waals surface area contributed by atoms with Gasteiger partial charge >= 0.3 is 0 Å². The molecule has 3 rings (SSSR count). The third-order valence-corrected chi connectivity index (χ3v) is 4.86. The van der Waals surface area contributed by atoms with Gasteiger partial charge in [-0.1, -0.05) is 45.7 Å². The van der Waals surface area contributed by atoms with Crippen molar-refractivity contribution in [3.63, 3.8) is 0 Å². The monoisotopic (exact) mass is 451 g/mol. The Labute approximate surface area is 170 Å². The van der Waals surface area contributed by atoms with Crippen molar-refractivity contribution in [2.45, 2.75) is 19.7 Å². The van der Waals surface area contributed by atoms with Gasteiger partial charge in [-0.3, -0.25) is 0 Å². The molecule has 140 valence electrons. The Kier molecular flexibility index (Phi) is 6.83. The minimum Gasteiger partial charge on any atom is -0.488 e. The lowest BCUT2D eigenvalue weighted by Gasteiger charge is -2.14. The maximum Gasteiger partial charge on any atom is 0.131 e. The summed E-state index contributed by atoms with van der Waals surface area (Å²) in [6, 6.07) is 16.5. The number of rotatable bonds is 7. The van der Waals surface area contributed by atoms with Crippen molar-refractivity contribution < 1.29 is 13.5 Å². The van der Waals surface area contributed by atoms with Gasteiger partial charge in [-0.25, -0.2) is 8.78 Å². The van der Waals surface area contributed by atoms with Crippen LogP contribution in [0.3, 0.4) is 0 Å². The van der Waals surface area contributed by atoms with Crippen molar-refractivity contribution in [3.05, 3.63) is 98.5 Å². The first-order valence-electron chi connectivity index (χ1n) is 8.32. The average Bonchev–Trinajstić information content (AvgIpc) is 2.64. The van der Waals surface area contributed by atoms with Crippen LogP contribution >= 0.6 is 27.5 Å². The molecule has 0 fully saturated rings. The van der Waals surface area contributed by atoms with Gasteiger partial charge in [0.15, 0.2) is 0 Å². The van der Waals surface area contributed by atoms with Gasteiger partial charge in [0.25, 0.3) is 0 Å². The van der Waals surface area contributed by atoms with Crippen molar-refractivity contribution in [1.29, 1.82) is 0 Å². The molecule has 0 spiro atoms. The van der Waals surface area contributed by atoms with Gasteiger partial charge in [0, 0.05) is 28.7 Å². The zero-order valence-electron chi connectivity index (χ0n) is 14.3. The van der Waals surface area contributed by atoms with Crippen LogP contribution in [0.25, 0.3) is 0 Å². The van der Waals surface area contributed by atoms with Crippen molar-refractivity contribution in [2.75, 3.05) is 0 Å². The molecular weight excluding hydrogens is 436 g/mol. The molecule has 1 N–H and O–H groups in total. The van der Waals surface area contributed by atoms with Gasteiger partial charge in [-0.2, -0.15) is 0 Å². The van der Waals surface area contributed by atoms with Gasteiger partial charge in [0.1, 0.15) is 24.0 Å². The van der Waals surface area contributed by atoms with Crippen LogP contribution in [0.4, 0.5) is 8.78 Å². The SMILES string of the molecule is Fc1ccc(CNCc2cc(Br)ccc2OCc2c(F)cccc2Cl)cc1. The third-order valence-electron chi connectivity index (χ3n) is 4.01. The van der Waals surface area contributed by atoms with Gasteiger partial charge in [0.2, 0.25) is 0 Å². The highest BCUT2D eigenvalue weighted by Gasteiger charge is 2.10. The van der Waals surface area contributed by atoms with Crippen molar-refractivity contribution >= 4 is 27.5 Å². The number of halogens is 4. The van der Waals surface area contributed by atoms with Crippen LogP contribution in [0.5, 0.6) is 5.75 Å². The Morgan fingerprint density at radius 3 is 2.48 bits per heavy atom. The van der Waals surface area contributed by atoms with Crippen molar-refractivity contribution in [1.82, 2.24) is 5.32 Å². The molecule has 3 aromatic carbocycles. The molecular formula is C21H17BrClF2NO. The van der Waals surface area contributed by atoms with E-state index in [1.165, 1.54) is 18.2 Å². The van der Waals surface area contributed by atoms with Crippen LogP contribution < -0.4 is 10.1 Å². The molecule has 0 atom stereocenters. The quantitative estimate of drug-likeness (QED) is 0.457. The van der Waals surface area contributed by atoms with E-state index in [4.69, 9.17) is 16.3 Å². The number of hydrogen-bond acceptors (Lipinski definition) is 2. The molecule has 0 amide bonds. The minimum absolute atomic E-state index is 0.0398. The molecule has 0 bridgehead atoms. The fourth-order valence-electron chi connectivity index (χ4n) is 2.59. The third kappa shape index (κ3) is 5.51. The summed E-state index contributed by atoms with van der Waals surface area (Å²) in [5.41, 5.74) is 2.22. The molecule has 0 saturated carbocycles. The molecule has 0 heterocycles. The summed E-state index contributed by atoms with van der Waals surface area (Å²) in [6.45, 7) is 1.17. The summed E-state index contributed by atoms with van der Waals surface area (Å²) >= 11 is 9.51. The average molecular weight is 453 g/mol. The van der Waals surface area contributed by atoms with E-state index in [0.29, 0.717) is 29.4 Å². The van der Waals surface area contributed by atoms with E-state index in [9.17, 15) is 8.78 Å². The Bertz CT molecular complexity index is 898. The van der Waals surface area contributed by atoms with E-state index in [-0.39, 0.29) is 12.4 Å². The summed E-state index contributed by atoms with van der Waals surface area (Å²) in [6.07, 6.45) is 0. The molecule has 0 aliphatic carbocycles. The van der Waals surface area contributed by atoms with Gasteiger partial charge in [-0.05, 0) is 48.0 Å². The Hall–Kier alpha value is -1.95. The number of ether oxygens (including phenoxy) is 1. The summed E-state index contributed by atoms with van der Waals surface area (Å²) in [5.74, 6) is -0.00652. The van der Waals surface area contributed by atoms with E-state index in [0.717, 1.165) is 15.6 Å². The molecule has 0 unspecified atom stereocenters. The molecule has 27 heavy (non-hydrogen) atoms. The van der Waals surface area contributed by atoms with Crippen LogP contribution in [-0.2, 0) is 19.7 Å². The van der Waals surface area contributed by atoms with Gasteiger partial charge in [-0.15, -0.1) is 0 Å². The minimum atomic E-state index is -0.393. The molecule has 0 aliphatic heterocycles. The zero-order valence-corrected chi connectivity index (χ0v) is 16.7. The molecule has 0 aliphatic rings. The topological polar surface area (TPSA) is 21.3 Å². The van der Waals surface area contributed by atoms with E-state index in [1.807, 2.05) is 18.2 Å². The second-order valence-electron chi connectivity index (χ2n) is 5.97. The Morgan fingerprint density at radius 1 is 0.963 bits per heavy atom. The Balaban J connectivity index is 1.66. The summed E-state index contributed by atoms with van der Waals surface area (Å²) in [7, 11) is 0. The van der Waals surface area contributed by atoms with Crippen LogP contribution in [0.15, 0.2) is 65.1 Å². The van der Waals surface area contributed by atoms with Crippen LogP contribution in [-0.4, -0.2) is 0 Å². The normalized spacial score (nSPS) is 10.8. The van der Waals surface area contributed by atoms with E-state index < -0.39 is 5.82 Å². The summed E-state index contributed by atoms with van der Waals surface area (Å²) < 4.78 is 33.6. The lowest BCUT2D eigenvalue weighted by atomic mass is 10.1. The van der Waals surface area contributed by atoms with Crippen molar-refractivity contribution in [2.24, 2.45) is 0 Å². The maximum atomic E-state index is 13.9. The maximum absolute atomic E-state index is 13.9.